The Morgan fingerprint density at radius 2 is 1.75 bits per heavy atom. The van der Waals surface area contributed by atoms with Gasteiger partial charge in [0.2, 0.25) is 0 Å². The topological polar surface area (TPSA) is 106 Å². The quantitative estimate of drug-likeness (QED) is 0.604. The molecular weight excluding hydrogens is 404 g/mol. The predicted octanol–water partition coefficient (Wildman–Crippen LogP) is 3.81. The van der Waals surface area contributed by atoms with Crippen LogP contribution in [-0.4, -0.2) is 24.5 Å². The summed E-state index contributed by atoms with van der Waals surface area (Å²) in [5.41, 5.74) is 1.12. The molecule has 144 valence electrons. The minimum Gasteiger partial charge on any atom is -0.489 e. The maximum absolute atomic E-state index is 12.5. The zero-order valence-corrected chi connectivity index (χ0v) is 15.9. The fourth-order valence-corrected chi connectivity index (χ4v) is 3.73. The number of aromatic carboxylic acids is 1. The van der Waals surface area contributed by atoms with Crippen molar-refractivity contribution >= 4 is 33.3 Å². The number of ether oxygens (including phenoxy) is 1. The van der Waals surface area contributed by atoms with E-state index in [-0.39, 0.29) is 15.5 Å². The van der Waals surface area contributed by atoms with Gasteiger partial charge >= 0.3 is 5.97 Å². The number of hydrogen-bond acceptors (Lipinski definition) is 5. The number of pyridine rings is 1. The number of aromatic nitrogens is 1. The van der Waals surface area contributed by atoms with Gasteiger partial charge in [-0.25, -0.2) is 13.2 Å². The van der Waals surface area contributed by atoms with E-state index in [1.807, 2.05) is 12.1 Å². The van der Waals surface area contributed by atoms with Gasteiger partial charge in [0.05, 0.1) is 15.5 Å². The van der Waals surface area contributed by atoms with E-state index in [1.54, 1.807) is 36.7 Å². The molecule has 0 fully saturated rings. The highest BCUT2D eigenvalue weighted by molar-refractivity contribution is 7.92. The standard InChI is InChI=1S/C19H15ClN2O5S/c20-18-11-16(5-6-17(18)19(23)24)28(25,26)22-14-1-3-15(4-2-14)27-12-13-7-9-21-10-8-13/h1-11,22H,12H2,(H,23,24). The van der Waals surface area contributed by atoms with E-state index >= 15 is 0 Å². The van der Waals surface area contributed by atoms with Crippen LogP contribution in [0.4, 0.5) is 5.69 Å². The highest BCUT2D eigenvalue weighted by atomic mass is 35.5. The van der Waals surface area contributed by atoms with Gasteiger partial charge < -0.3 is 9.84 Å². The number of anilines is 1. The fourth-order valence-electron chi connectivity index (χ4n) is 2.32. The highest BCUT2D eigenvalue weighted by Crippen LogP contribution is 2.24. The van der Waals surface area contributed by atoms with Crippen molar-refractivity contribution in [2.45, 2.75) is 11.5 Å². The second kappa shape index (κ2) is 8.28. The lowest BCUT2D eigenvalue weighted by atomic mass is 10.2. The van der Waals surface area contributed by atoms with Crippen molar-refractivity contribution in [3.63, 3.8) is 0 Å². The first kappa shape index (κ1) is 19.7. The molecule has 1 aromatic heterocycles. The van der Waals surface area contributed by atoms with Gasteiger partial charge in [-0.15, -0.1) is 0 Å². The van der Waals surface area contributed by atoms with Crippen molar-refractivity contribution in [2.24, 2.45) is 0 Å². The lowest BCUT2D eigenvalue weighted by molar-refractivity contribution is 0.0697. The van der Waals surface area contributed by atoms with Crippen molar-refractivity contribution in [3.8, 4) is 5.75 Å². The van der Waals surface area contributed by atoms with Crippen LogP contribution in [0.1, 0.15) is 15.9 Å². The van der Waals surface area contributed by atoms with Crippen LogP contribution < -0.4 is 9.46 Å². The molecule has 3 aromatic rings. The second-order valence-corrected chi connectivity index (χ2v) is 7.81. The molecule has 1 heterocycles. The molecule has 0 aliphatic rings. The number of sulfonamides is 1. The average molecular weight is 419 g/mol. The van der Waals surface area contributed by atoms with Gasteiger partial charge in [-0.05, 0) is 60.2 Å². The Hall–Kier alpha value is -3.10. The maximum Gasteiger partial charge on any atom is 0.337 e. The van der Waals surface area contributed by atoms with Crippen LogP contribution in [0.2, 0.25) is 5.02 Å². The summed E-state index contributed by atoms with van der Waals surface area (Å²) in [6, 6.07) is 13.5. The van der Waals surface area contributed by atoms with Crippen molar-refractivity contribution in [1.29, 1.82) is 0 Å². The summed E-state index contributed by atoms with van der Waals surface area (Å²) >= 11 is 5.85. The molecule has 9 heteroatoms. The summed E-state index contributed by atoms with van der Waals surface area (Å²) in [6.07, 6.45) is 3.34. The van der Waals surface area contributed by atoms with E-state index in [1.165, 1.54) is 6.07 Å². The molecule has 0 aliphatic heterocycles. The Balaban J connectivity index is 1.69. The first-order valence-corrected chi connectivity index (χ1v) is 9.89. The molecule has 28 heavy (non-hydrogen) atoms. The minimum atomic E-state index is -3.92. The van der Waals surface area contributed by atoms with E-state index < -0.39 is 16.0 Å². The van der Waals surface area contributed by atoms with Crippen LogP contribution in [0.25, 0.3) is 0 Å². The summed E-state index contributed by atoms with van der Waals surface area (Å²) in [6.45, 7) is 0.363. The van der Waals surface area contributed by atoms with Gasteiger partial charge in [0, 0.05) is 18.1 Å². The minimum absolute atomic E-state index is 0.138. The number of hydrogen-bond donors (Lipinski definition) is 2. The van der Waals surface area contributed by atoms with Gasteiger partial charge in [0.25, 0.3) is 10.0 Å². The molecule has 0 atom stereocenters. The van der Waals surface area contributed by atoms with E-state index in [4.69, 9.17) is 21.4 Å². The largest absolute Gasteiger partial charge is 0.489 e. The van der Waals surface area contributed by atoms with Crippen LogP contribution >= 0.6 is 11.6 Å². The number of rotatable bonds is 7. The molecule has 0 saturated carbocycles. The summed E-state index contributed by atoms with van der Waals surface area (Å²) in [5, 5.41) is 8.82. The van der Waals surface area contributed by atoms with Crippen LogP contribution in [-0.2, 0) is 16.6 Å². The molecule has 3 rings (SSSR count). The van der Waals surface area contributed by atoms with Crippen LogP contribution in [0.3, 0.4) is 0 Å². The molecular formula is C19H15ClN2O5S. The number of carboxylic acid groups (broad SMARTS) is 1. The molecule has 0 amide bonds. The third kappa shape index (κ3) is 4.79. The van der Waals surface area contributed by atoms with E-state index in [9.17, 15) is 13.2 Å². The summed E-state index contributed by atoms with van der Waals surface area (Å²) in [4.78, 5) is 14.8. The number of carboxylic acids is 1. The smallest absolute Gasteiger partial charge is 0.337 e. The van der Waals surface area contributed by atoms with Gasteiger partial charge in [0.15, 0.2) is 0 Å². The predicted molar refractivity (Wildman–Crippen MR) is 104 cm³/mol. The first-order valence-electron chi connectivity index (χ1n) is 8.02. The van der Waals surface area contributed by atoms with Gasteiger partial charge in [-0.1, -0.05) is 11.6 Å². The summed E-state index contributed by atoms with van der Waals surface area (Å²) in [7, 11) is -3.92. The first-order chi connectivity index (χ1) is 13.3. The fraction of sp³-hybridized carbons (Fsp3) is 0.0526. The Morgan fingerprint density at radius 1 is 1.07 bits per heavy atom. The second-order valence-electron chi connectivity index (χ2n) is 5.72. The number of benzene rings is 2. The van der Waals surface area contributed by atoms with Crippen molar-refractivity contribution < 1.29 is 23.1 Å². The molecule has 0 bridgehead atoms. The maximum atomic E-state index is 12.5. The molecule has 2 aromatic carbocycles. The normalized spacial score (nSPS) is 11.0. The number of carbonyl (C=O) groups is 1. The van der Waals surface area contributed by atoms with E-state index in [2.05, 4.69) is 9.71 Å². The highest BCUT2D eigenvalue weighted by Gasteiger charge is 2.18. The van der Waals surface area contributed by atoms with Crippen LogP contribution in [0.15, 0.2) is 71.9 Å². The lowest BCUT2D eigenvalue weighted by Gasteiger charge is -2.10. The monoisotopic (exact) mass is 418 g/mol. The van der Waals surface area contributed by atoms with Gasteiger partial charge in [-0.3, -0.25) is 9.71 Å². The molecule has 0 spiro atoms. The number of nitrogens with one attached hydrogen (secondary N) is 1. The Bertz CT molecular complexity index is 1090. The number of halogens is 1. The van der Waals surface area contributed by atoms with E-state index in [0.717, 1.165) is 17.7 Å². The van der Waals surface area contributed by atoms with Crippen LogP contribution in [0, 0.1) is 0 Å². The molecule has 0 radical (unpaired) electrons. The summed E-state index contributed by atoms with van der Waals surface area (Å²) < 4.78 is 33.0. The van der Waals surface area contributed by atoms with Crippen molar-refractivity contribution in [3.05, 3.63) is 83.1 Å². The van der Waals surface area contributed by atoms with E-state index in [0.29, 0.717) is 18.0 Å². The number of nitrogens with zero attached hydrogens (tertiary/aromatic N) is 1. The molecule has 7 nitrogen and oxygen atoms in total. The SMILES string of the molecule is O=C(O)c1ccc(S(=O)(=O)Nc2ccc(OCc3ccncc3)cc2)cc1Cl. The molecule has 2 N–H and O–H groups in total. The van der Waals surface area contributed by atoms with Crippen molar-refractivity contribution in [2.75, 3.05) is 4.72 Å². The Labute approximate surface area is 166 Å². The lowest BCUT2D eigenvalue weighted by Crippen LogP contribution is -2.13. The molecule has 0 aliphatic carbocycles. The zero-order chi connectivity index (χ0) is 20.1. The zero-order valence-electron chi connectivity index (χ0n) is 14.4. The Kier molecular flexibility index (Phi) is 5.81. The van der Waals surface area contributed by atoms with Crippen LogP contribution in [0.5, 0.6) is 5.75 Å². The van der Waals surface area contributed by atoms with Gasteiger partial charge in [-0.2, -0.15) is 0 Å². The summed E-state index contributed by atoms with van der Waals surface area (Å²) in [5.74, 6) is -0.655. The molecule has 0 unspecified atom stereocenters. The average Bonchev–Trinajstić information content (AvgIpc) is 2.67. The third-order valence-electron chi connectivity index (χ3n) is 3.74. The molecule has 0 saturated heterocycles. The van der Waals surface area contributed by atoms with Gasteiger partial charge in [0.1, 0.15) is 12.4 Å². The van der Waals surface area contributed by atoms with Crippen molar-refractivity contribution in [1.82, 2.24) is 4.98 Å². The third-order valence-corrected chi connectivity index (χ3v) is 5.43. The Morgan fingerprint density at radius 3 is 2.36 bits per heavy atom.